The molecule has 0 bridgehead atoms. The highest BCUT2D eigenvalue weighted by atomic mass is 16.5. The maximum absolute atomic E-state index is 12.8. The Morgan fingerprint density at radius 3 is 2.87 bits per heavy atom. The summed E-state index contributed by atoms with van der Waals surface area (Å²) in [5, 5.41) is 1.13. The van der Waals surface area contributed by atoms with Crippen molar-refractivity contribution >= 4 is 16.8 Å². The minimum atomic E-state index is 0.104. The highest BCUT2D eigenvalue weighted by Crippen LogP contribution is 2.20. The molecule has 0 radical (unpaired) electrons. The Bertz CT molecular complexity index is 671. The standard InChI is InChI=1S/C19H26N2O2/c1-3-20-11-10-15-13-16(8-9-18(15)20)19(22)21(4-2)14-17-7-5-6-12-23-17/h8-11,13,17H,3-7,12,14H2,1-2H3/t17-/m1/s1. The van der Waals surface area contributed by atoms with Crippen LogP contribution in [0.25, 0.3) is 10.9 Å². The first-order valence-corrected chi connectivity index (χ1v) is 8.72. The van der Waals surface area contributed by atoms with E-state index in [1.807, 2.05) is 24.0 Å². The van der Waals surface area contributed by atoms with Crippen molar-refractivity contribution in [3.8, 4) is 0 Å². The highest BCUT2D eigenvalue weighted by Gasteiger charge is 2.21. The summed E-state index contributed by atoms with van der Waals surface area (Å²) < 4.78 is 7.98. The van der Waals surface area contributed by atoms with Crippen molar-refractivity contribution in [3.05, 3.63) is 36.0 Å². The zero-order valence-corrected chi connectivity index (χ0v) is 14.1. The number of carbonyl (C=O) groups excluding carboxylic acids is 1. The summed E-state index contributed by atoms with van der Waals surface area (Å²) in [7, 11) is 0. The summed E-state index contributed by atoms with van der Waals surface area (Å²) in [4.78, 5) is 14.7. The number of fused-ring (bicyclic) bond motifs is 1. The third kappa shape index (κ3) is 3.42. The lowest BCUT2D eigenvalue weighted by Gasteiger charge is -2.29. The van der Waals surface area contributed by atoms with Gasteiger partial charge in [0.15, 0.2) is 0 Å². The van der Waals surface area contributed by atoms with Crippen LogP contribution in [0.15, 0.2) is 30.5 Å². The van der Waals surface area contributed by atoms with Crippen LogP contribution >= 0.6 is 0 Å². The molecule has 1 aromatic heterocycles. The van der Waals surface area contributed by atoms with Gasteiger partial charge < -0.3 is 14.2 Å². The first-order valence-electron chi connectivity index (χ1n) is 8.72. The second kappa shape index (κ2) is 7.18. The molecule has 3 rings (SSSR count). The third-order valence-corrected chi connectivity index (χ3v) is 4.73. The summed E-state index contributed by atoms with van der Waals surface area (Å²) in [6, 6.07) is 8.09. The number of amides is 1. The molecule has 23 heavy (non-hydrogen) atoms. The monoisotopic (exact) mass is 314 g/mol. The van der Waals surface area contributed by atoms with E-state index in [1.165, 1.54) is 11.9 Å². The van der Waals surface area contributed by atoms with Crippen molar-refractivity contribution in [2.75, 3.05) is 19.7 Å². The van der Waals surface area contributed by atoms with E-state index in [1.54, 1.807) is 0 Å². The first kappa shape index (κ1) is 16.1. The average Bonchev–Trinajstić information content (AvgIpc) is 3.02. The predicted octanol–water partition coefficient (Wildman–Crippen LogP) is 3.69. The van der Waals surface area contributed by atoms with Gasteiger partial charge in [-0.05, 0) is 57.4 Å². The summed E-state index contributed by atoms with van der Waals surface area (Å²) in [6.07, 6.45) is 5.67. The van der Waals surface area contributed by atoms with Gasteiger partial charge in [-0.25, -0.2) is 0 Å². The number of ether oxygens (including phenoxy) is 1. The van der Waals surface area contributed by atoms with E-state index in [4.69, 9.17) is 4.74 Å². The molecule has 1 amide bonds. The fourth-order valence-electron chi connectivity index (χ4n) is 3.34. The molecule has 1 aromatic carbocycles. The normalized spacial score (nSPS) is 18.3. The van der Waals surface area contributed by atoms with Crippen molar-refractivity contribution in [1.29, 1.82) is 0 Å². The maximum Gasteiger partial charge on any atom is 0.253 e. The fourth-order valence-corrected chi connectivity index (χ4v) is 3.34. The molecule has 2 aromatic rings. The van der Waals surface area contributed by atoms with E-state index in [0.29, 0.717) is 13.1 Å². The first-order chi connectivity index (χ1) is 11.2. The second-order valence-corrected chi connectivity index (χ2v) is 6.21. The molecule has 4 nitrogen and oxygen atoms in total. The Balaban J connectivity index is 1.76. The molecule has 2 heterocycles. The lowest BCUT2D eigenvalue weighted by molar-refractivity contribution is -0.00311. The lowest BCUT2D eigenvalue weighted by atomic mass is 10.1. The van der Waals surface area contributed by atoms with E-state index >= 15 is 0 Å². The number of hydrogen-bond donors (Lipinski definition) is 0. The minimum Gasteiger partial charge on any atom is -0.376 e. The molecule has 0 saturated carbocycles. The van der Waals surface area contributed by atoms with Crippen molar-refractivity contribution < 1.29 is 9.53 Å². The van der Waals surface area contributed by atoms with Crippen molar-refractivity contribution in [1.82, 2.24) is 9.47 Å². The molecule has 4 heteroatoms. The van der Waals surface area contributed by atoms with Crippen LogP contribution in [-0.4, -0.2) is 41.2 Å². The molecule has 1 aliphatic rings. The molecule has 0 spiro atoms. The summed E-state index contributed by atoms with van der Waals surface area (Å²) in [6.45, 7) is 7.34. The van der Waals surface area contributed by atoms with E-state index in [9.17, 15) is 4.79 Å². The topological polar surface area (TPSA) is 34.5 Å². The zero-order chi connectivity index (χ0) is 16.2. The predicted molar refractivity (Wildman–Crippen MR) is 92.8 cm³/mol. The third-order valence-electron chi connectivity index (χ3n) is 4.73. The Morgan fingerprint density at radius 1 is 1.30 bits per heavy atom. The van der Waals surface area contributed by atoms with Crippen LogP contribution in [0.3, 0.4) is 0 Å². The molecular formula is C19H26N2O2. The van der Waals surface area contributed by atoms with Crippen LogP contribution in [-0.2, 0) is 11.3 Å². The molecule has 124 valence electrons. The van der Waals surface area contributed by atoms with Gasteiger partial charge >= 0.3 is 0 Å². The van der Waals surface area contributed by atoms with Crippen LogP contribution in [0.1, 0.15) is 43.5 Å². The van der Waals surface area contributed by atoms with Gasteiger partial charge in [0.2, 0.25) is 0 Å². The van der Waals surface area contributed by atoms with Crippen LogP contribution in [0.2, 0.25) is 0 Å². The summed E-state index contributed by atoms with van der Waals surface area (Å²) in [5.74, 6) is 0.104. The zero-order valence-electron chi connectivity index (χ0n) is 14.1. The van der Waals surface area contributed by atoms with Crippen LogP contribution in [0, 0.1) is 0 Å². The number of likely N-dealkylation sites (N-methyl/N-ethyl adjacent to an activating group) is 1. The van der Waals surface area contributed by atoms with Crippen molar-refractivity contribution in [3.63, 3.8) is 0 Å². The van der Waals surface area contributed by atoms with E-state index in [0.717, 1.165) is 36.9 Å². The average molecular weight is 314 g/mol. The number of benzene rings is 1. The quantitative estimate of drug-likeness (QED) is 0.843. The Morgan fingerprint density at radius 2 is 2.17 bits per heavy atom. The van der Waals surface area contributed by atoms with Crippen molar-refractivity contribution in [2.45, 2.75) is 45.8 Å². The number of hydrogen-bond acceptors (Lipinski definition) is 2. The molecule has 1 fully saturated rings. The molecular weight excluding hydrogens is 288 g/mol. The van der Waals surface area contributed by atoms with Crippen LogP contribution in [0.5, 0.6) is 0 Å². The van der Waals surface area contributed by atoms with Crippen molar-refractivity contribution in [2.24, 2.45) is 0 Å². The second-order valence-electron chi connectivity index (χ2n) is 6.21. The number of rotatable bonds is 5. The SMILES string of the molecule is CCN(C[C@H]1CCCCO1)C(=O)c1ccc2c(ccn2CC)c1. The largest absolute Gasteiger partial charge is 0.376 e. The van der Waals surface area contributed by atoms with Gasteiger partial charge in [-0.15, -0.1) is 0 Å². The number of carbonyl (C=O) groups is 1. The minimum absolute atomic E-state index is 0.104. The van der Waals surface area contributed by atoms with E-state index < -0.39 is 0 Å². The lowest BCUT2D eigenvalue weighted by Crippen LogP contribution is -2.39. The number of nitrogens with zero attached hydrogens (tertiary/aromatic N) is 2. The molecule has 1 atom stereocenters. The molecule has 0 N–H and O–H groups in total. The van der Waals surface area contributed by atoms with Gasteiger partial charge in [0.25, 0.3) is 5.91 Å². The molecule has 0 unspecified atom stereocenters. The van der Waals surface area contributed by atoms with E-state index in [2.05, 4.69) is 29.8 Å². The number of aryl methyl sites for hydroxylation is 1. The van der Waals surface area contributed by atoms with Crippen LogP contribution < -0.4 is 0 Å². The van der Waals surface area contributed by atoms with Gasteiger partial charge in [-0.1, -0.05) is 0 Å². The smallest absolute Gasteiger partial charge is 0.253 e. The van der Waals surface area contributed by atoms with Gasteiger partial charge in [-0.3, -0.25) is 4.79 Å². The Kier molecular flexibility index (Phi) is 5.01. The van der Waals surface area contributed by atoms with E-state index in [-0.39, 0.29) is 12.0 Å². The fraction of sp³-hybridized carbons (Fsp3) is 0.526. The molecule has 1 saturated heterocycles. The molecule has 1 aliphatic heterocycles. The summed E-state index contributed by atoms with van der Waals surface area (Å²) in [5.41, 5.74) is 1.95. The maximum atomic E-state index is 12.8. The van der Waals surface area contributed by atoms with Gasteiger partial charge in [0, 0.05) is 48.9 Å². The number of aromatic nitrogens is 1. The van der Waals surface area contributed by atoms with Gasteiger partial charge in [0.05, 0.1) is 6.10 Å². The highest BCUT2D eigenvalue weighted by molar-refractivity contribution is 5.98. The van der Waals surface area contributed by atoms with Crippen LogP contribution in [0.4, 0.5) is 0 Å². The molecule has 0 aliphatic carbocycles. The van der Waals surface area contributed by atoms with Gasteiger partial charge in [-0.2, -0.15) is 0 Å². The summed E-state index contributed by atoms with van der Waals surface area (Å²) >= 11 is 0. The van der Waals surface area contributed by atoms with Gasteiger partial charge in [0.1, 0.15) is 0 Å². The Hall–Kier alpha value is -1.81. The Labute approximate surface area is 138 Å².